The van der Waals surface area contributed by atoms with Crippen LogP contribution < -0.4 is 14.8 Å². The Balaban J connectivity index is 2.11. The van der Waals surface area contributed by atoms with Crippen LogP contribution in [0.15, 0.2) is 42.5 Å². The summed E-state index contributed by atoms with van der Waals surface area (Å²) < 4.78 is 10.5. The van der Waals surface area contributed by atoms with Gasteiger partial charge in [-0.15, -0.1) is 0 Å². The van der Waals surface area contributed by atoms with E-state index in [1.807, 2.05) is 24.3 Å². The average molecular weight is 342 g/mol. The zero-order chi connectivity index (χ0) is 18.2. The molecule has 0 aliphatic carbocycles. The minimum absolute atomic E-state index is 0.180. The van der Waals surface area contributed by atoms with Gasteiger partial charge in [0.15, 0.2) is 0 Å². The second-order valence-corrected chi connectivity index (χ2v) is 5.68. The lowest BCUT2D eigenvalue weighted by Gasteiger charge is -2.18. The number of nitrogens with zero attached hydrogens (tertiary/aromatic N) is 1. The summed E-state index contributed by atoms with van der Waals surface area (Å²) in [6.07, 6.45) is 0. The zero-order valence-corrected chi connectivity index (χ0v) is 15.3. The SMILES string of the molecule is CCN(CC)Cc1ccc(C(=O)Nc2cc(OC)ccc2OC)cc1. The number of methoxy groups -OCH3 is 2. The van der Waals surface area contributed by atoms with Crippen LogP contribution in [0.25, 0.3) is 0 Å². The molecule has 0 spiro atoms. The molecule has 0 bridgehead atoms. The first kappa shape index (κ1) is 18.8. The zero-order valence-electron chi connectivity index (χ0n) is 15.3. The van der Waals surface area contributed by atoms with Gasteiger partial charge >= 0.3 is 0 Å². The number of anilines is 1. The smallest absolute Gasteiger partial charge is 0.255 e. The second-order valence-electron chi connectivity index (χ2n) is 5.68. The molecule has 1 amide bonds. The molecule has 0 fully saturated rings. The van der Waals surface area contributed by atoms with Crippen molar-refractivity contribution in [3.8, 4) is 11.5 Å². The lowest BCUT2D eigenvalue weighted by molar-refractivity contribution is 0.102. The third-order valence-corrected chi connectivity index (χ3v) is 4.17. The summed E-state index contributed by atoms with van der Waals surface area (Å²) in [7, 11) is 3.15. The number of ether oxygens (including phenoxy) is 2. The van der Waals surface area contributed by atoms with Crippen molar-refractivity contribution >= 4 is 11.6 Å². The fourth-order valence-electron chi connectivity index (χ4n) is 2.57. The highest BCUT2D eigenvalue weighted by molar-refractivity contribution is 6.05. The first-order chi connectivity index (χ1) is 12.1. The van der Waals surface area contributed by atoms with E-state index < -0.39 is 0 Å². The minimum Gasteiger partial charge on any atom is -0.497 e. The molecule has 0 aliphatic heterocycles. The van der Waals surface area contributed by atoms with Gasteiger partial charge in [-0.3, -0.25) is 9.69 Å². The maximum Gasteiger partial charge on any atom is 0.255 e. The van der Waals surface area contributed by atoms with Gasteiger partial charge in [-0.1, -0.05) is 26.0 Å². The van der Waals surface area contributed by atoms with Crippen molar-refractivity contribution < 1.29 is 14.3 Å². The number of benzene rings is 2. The first-order valence-electron chi connectivity index (χ1n) is 8.45. The molecule has 0 saturated carbocycles. The van der Waals surface area contributed by atoms with E-state index in [9.17, 15) is 4.79 Å². The van der Waals surface area contributed by atoms with E-state index in [-0.39, 0.29) is 5.91 Å². The number of carbonyl (C=O) groups excluding carboxylic acids is 1. The molecule has 5 nitrogen and oxygen atoms in total. The molecule has 5 heteroatoms. The third-order valence-electron chi connectivity index (χ3n) is 4.17. The van der Waals surface area contributed by atoms with Crippen molar-refractivity contribution in [2.45, 2.75) is 20.4 Å². The van der Waals surface area contributed by atoms with Crippen LogP contribution in [0.3, 0.4) is 0 Å². The monoisotopic (exact) mass is 342 g/mol. The standard InChI is InChI=1S/C20H26N2O3/c1-5-22(6-2)14-15-7-9-16(10-8-15)20(23)21-18-13-17(24-3)11-12-19(18)25-4/h7-13H,5-6,14H2,1-4H3,(H,21,23). The Kier molecular flexibility index (Phi) is 6.83. The summed E-state index contributed by atoms with van der Waals surface area (Å²) in [5, 5.41) is 2.88. The van der Waals surface area contributed by atoms with Crippen LogP contribution in [0.5, 0.6) is 11.5 Å². The number of amides is 1. The average Bonchev–Trinajstić information content (AvgIpc) is 2.66. The van der Waals surface area contributed by atoms with Crippen LogP contribution >= 0.6 is 0 Å². The molecule has 2 aromatic rings. The second kappa shape index (κ2) is 9.08. The fraction of sp³-hybridized carbons (Fsp3) is 0.350. The summed E-state index contributed by atoms with van der Waals surface area (Å²) >= 11 is 0. The Morgan fingerprint density at radius 1 is 1.00 bits per heavy atom. The van der Waals surface area contributed by atoms with Gasteiger partial charge in [-0.2, -0.15) is 0 Å². The van der Waals surface area contributed by atoms with Crippen molar-refractivity contribution in [2.75, 3.05) is 32.6 Å². The summed E-state index contributed by atoms with van der Waals surface area (Å²) in [6, 6.07) is 13.0. The third kappa shape index (κ3) is 4.97. The number of carbonyl (C=O) groups is 1. The molecule has 0 saturated heterocycles. The Bertz CT molecular complexity index is 695. The van der Waals surface area contributed by atoms with Crippen LogP contribution in [0.4, 0.5) is 5.69 Å². The Morgan fingerprint density at radius 3 is 2.24 bits per heavy atom. The molecule has 2 rings (SSSR count). The Morgan fingerprint density at radius 2 is 1.68 bits per heavy atom. The molecule has 0 heterocycles. The van der Waals surface area contributed by atoms with E-state index in [0.717, 1.165) is 19.6 Å². The van der Waals surface area contributed by atoms with Crippen molar-refractivity contribution in [1.29, 1.82) is 0 Å². The number of rotatable bonds is 8. The predicted molar refractivity (Wildman–Crippen MR) is 101 cm³/mol. The molecule has 0 unspecified atom stereocenters. The molecule has 2 aromatic carbocycles. The highest BCUT2D eigenvalue weighted by atomic mass is 16.5. The van der Waals surface area contributed by atoms with Crippen LogP contribution in [0.2, 0.25) is 0 Å². The molecule has 134 valence electrons. The number of hydrogen-bond donors (Lipinski definition) is 1. The molecule has 0 aliphatic rings. The van der Waals surface area contributed by atoms with Crippen molar-refractivity contribution in [1.82, 2.24) is 4.90 Å². The van der Waals surface area contributed by atoms with E-state index in [4.69, 9.17) is 9.47 Å². The maximum atomic E-state index is 12.5. The Labute approximate surface area is 149 Å². The quantitative estimate of drug-likeness (QED) is 0.793. The summed E-state index contributed by atoms with van der Waals surface area (Å²) in [5.74, 6) is 1.07. The highest BCUT2D eigenvalue weighted by Crippen LogP contribution is 2.29. The molecule has 0 atom stereocenters. The van der Waals surface area contributed by atoms with Crippen LogP contribution in [0, 0.1) is 0 Å². The van der Waals surface area contributed by atoms with E-state index in [1.165, 1.54) is 5.56 Å². The van der Waals surface area contributed by atoms with E-state index >= 15 is 0 Å². The molecular weight excluding hydrogens is 316 g/mol. The van der Waals surface area contributed by atoms with Gasteiger partial charge in [0, 0.05) is 18.2 Å². The summed E-state index contributed by atoms with van der Waals surface area (Å²) in [4.78, 5) is 14.8. The van der Waals surface area contributed by atoms with Crippen molar-refractivity contribution in [3.63, 3.8) is 0 Å². The normalized spacial score (nSPS) is 10.6. The van der Waals surface area contributed by atoms with Crippen LogP contribution in [-0.4, -0.2) is 38.1 Å². The summed E-state index contributed by atoms with van der Waals surface area (Å²) in [5.41, 5.74) is 2.38. The largest absolute Gasteiger partial charge is 0.497 e. The fourth-order valence-corrected chi connectivity index (χ4v) is 2.57. The molecule has 0 radical (unpaired) electrons. The van der Waals surface area contributed by atoms with Crippen LogP contribution in [0.1, 0.15) is 29.8 Å². The van der Waals surface area contributed by atoms with Gasteiger partial charge in [0.25, 0.3) is 5.91 Å². The minimum atomic E-state index is -0.180. The highest BCUT2D eigenvalue weighted by Gasteiger charge is 2.11. The van der Waals surface area contributed by atoms with E-state index in [1.54, 1.807) is 32.4 Å². The van der Waals surface area contributed by atoms with E-state index in [2.05, 4.69) is 24.1 Å². The number of nitrogens with one attached hydrogen (secondary N) is 1. The van der Waals surface area contributed by atoms with Gasteiger partial charge in [-0.25, -0.2) is 0 Å². The van der Waals surface area contributed by atoms with Gasteiger partial charge in [-0.05, 0) is 42.9 Å². The van der Waals surface area contributed by atoms with Gasteiger partial charge in [0.1, 0.15) is 11.5 Å². The molecule has 1 N–H and O–H groups in total. The Hall–Kier alpha value is -2.53. The lowest BCUT2D eigenvalue weighted by Crippen LogP contribution is -2.22. The predicted octanol–water partition coefficient (Wildman–Crippen LogP) is 3.80. The molecule has 0 aromatic heterocycles. The van der Waals surface area contributed by atoms with Crippen LogP contribution in [-0.2, 0) is 6.54 Å². The van der Waals surface area contributed by atoms with Gasteiger partial charge in [0.05, 0.1) is 19.9 Å². The molecule has 25 heavy (non-hydrogen) atoms. The summed E-state index contributed by atoms with van der Waals surface area (Å²) in [6.45, 7) is 7.20. The maximum absolute atomic E-state index is 12.5. The molecular formula is C20H26N2O3. The lowest BCUT2D eigenvalue weighted by atomic mass is 10.1. The van der Waals surface area contributed by atoms with Gasteiger partial charge in [0.2, 0.25) is 0 Å². The van der Waals surface area contributed by atoms with Crippen molar-refractivity contribution in [3.05, 3.63) is 53.6 Å². The first-order valence-corrected chi connectivity index (χ1v) is 8.45. The number of hydrogen-bond acceptors (Lipinski definition) is 4. The topological polar surface area (TPSA) is 50.8 Å². The van der Waals surface area contributed by atoms with Gasteiger partial charge < -0.3 is 14.8 Å². The van der Waals surface area contributed by atoms with Crippen molar-refractivity contribution in [2.24, 2.45) is 0 Å². The van der Waals surface area contributed by atoms with E-state index in [0.29, 0.717) is 22.7 Å².